The van der Waals surface area contributed by atoms with Gasteiger partial charge in [0, 0.05) is 38.0 Å². The third kappa shape index (κ3) is 9.85. The number of alkyl carbamates (subject to hydrolysis) is 1. The van der Waals surface area contributed by atoms with Crippen molar-refractivity contribution in [1.82, 2.24) is 15.6 Å². The predicted molar refractivity (Wildman–Crippen MR) is 97.7 cm³/mol. The first kappa shape index (κ1) is 20.9. The molecular weight excluding hydrogens is 326 g/mol. The zero-order chi connectivity index (χ0) is 18.0. The van der Waals surface area contributed by atoms with Crippen LogP contribution in [-0.2, 0) is 15.9 Å². The summed E-state index contributed by atoms with van der Waals surface area (Å²) in [7, 11) is 1.71. The number of carbonyl (C=O) groups excluding carboxylic acids is 1. The van der Waals surface area contributed by atoms with Crippen LogP contribution in [0.4, 0.5) is 4.79 Å². The molecule has 0 aliphatic rings. The number of ether oxygens (including phenoxy) is 2. The molecule has 1 rings (SSSR count). The van der Waals surface area contributed by atoms with E-state index in [0.29, 0.717) is 13.2 Å². The lowest BCUT2D eigenvalue weighted by Crippen LogP contribution is -2.36. The summed E-state index contributed by atoms with van der Waals surface area (Å²) in [5.74, 6) is 0. The van der Waals surface area contributed by atoms with Crippen LogP contribution in [0.2, 0.25) is 0 Å². The number of thiazole rings is 1. The lowest BCUT2D eigenvalue weighted by atomic mass is 10.1. The number of nitrogens with one attached hydrogen (secondary N) is 2. The van der Waals surface area contributed by atoms with Gasteiger partial charge in [-0.1, -0.05) is 0 Å². The quantitative estimate of drug-likeness (QED) is 0.630. The SMILES string of the molecule is COCC(CCCNC(=O)OC(C)(C)C)NCCc1csc(C)n1. The highest BCUT2D eigenvalue weighted by Crippen LogP contribution is 2.08. The van der Waals surface area contributed by atoms with Crippen molar-refractivity contribution in [1.29, 1.82) is 0 Å². The van der Waals surface area contributed by atoms with Crippen LogP contribution in [-0.4, -0.2) is 49.5 Å². The van der Waals surface area contributed by atoms with Crippen LogP contribution in [0.25, 0.3) is 0 Å². The molecular formula is C17H31N3O3S. The molecule has 0 saturated heterocycles. The minimum absolute atomic E-state index is 0.273. The fourth-order valence-corrected chi connectivity index (χ4v) is 2.87. The van der Waals surface area contributed by atoms with Crippen LogP contribution in [0.5, 0.6) is 0 Å². The minimum atomic E-state index is -0.460. The third-order valence-corrected chi connectivity index (χ3v) is 4.07. The van der Waals surface area contributed by atoms with Gasteiger partial charge in [0.1, 0.15) is 5.60 Å². The number of hydrogen-bond acceptors (Lipinski definition) is 6. The smallest absolute Gasteiger partial charge is 0.407 e. The van der Waals surface area contributed by atoms with Crippen molar-refractivity contribution in [3.63, 3.8) is 0 Å². The van der Waals surface area contributed by atoms with E-state index in [9.17, 15) is 4.79 Å². The molecule has 0 saturated carbocycles. The summed E-state index contributed by atoms with van der Waals surface area (Å²) in [4.78, 5) is 16.0. The van der Waals surface area contributed by atoms with Crippen LogP contribution >= 0.6 is 11.3 Å². The van der Waals surface area contributed by atoms with Crippen LogP contribution in [0, 0.1) is 6.92 Å². The molecule has 1 heterocycles. The monoisotopic (exact) mass is 357 g/mol. The molecule has 138 valence electrons. The zero-order valence-electron chi connectivity index (χ0n) is 15.5. The number of nitrogens with zero attached hydrogens (tertiary/aromatic N) is 1. The number of amides is 1. The Balaban J connectivity index is 2.19. The highest BCUT2D eigenvalue weighted by molar-refractivity contribution is 7.09. The maximum absolute atomic E-state index is 11.6. The molecule has 24 heavy (non-hydrogen) atoms. The Morgan fingerprint density at radius 1 is 1.38 bits per heavy atom. The lowest BCUT2D eigenvalue weighted by molar-refractivity contribution is 0.0526. The number of aromatic nitrogens is 1. The second-order valence-corrected chi connectivity index (χ2v) is 7.85. The third-order valence-electron chi connectivity index (χ3n) is 3.25. The van der Waals surface area contributed by atoms with Crippen molar-refractivity contribution in [3.8, 4) is 0 Å². The molecule has 0 fully saturated rings. The lowest BCUT2D eigenvalue weighted by Gasteiger charge is -2.20. The van der Waals surface area contributed by atoms with Gasteiger partial charge in [-0.3, -0.25) is 0 Å². The topological polar surface area (TPSA) is 72.5 Å². The molecule has 2 N–H and O–H groups in total. The molecule has 6 nitrogen and oxygen atoms in total. The molecule has 1 unspecified atom stereocenters. The standard InChI is InChI=1S/C17H31N3O3S/c1-13-20-15(12-24-13)8-10-18-14(11-22-5)7-6-9-19-16(21)23-17(2,3)4/h12,14,18H,6-11H2,1-5H3,(H,19,21). The number of rotatable bonds is 10. The van der Waals surface area contributed by atoms with Gasteiger partial charge in [-0.2, -0.15) is 0 Å². The largest absolute Gasteiger partial charge is 0.444 e. The van der Waals surface area contributed by atoms with Crippen molar-refractivity contribution in [2.75, 3.05) is 26.8 Å². The average Bonchev–Trinajstić information content (AvgIpc) is 2.87. The van der Waals surface area contributed by atoms with Crippen LogP contribution < -0.4 is 10.6 Å². The van der Waals surface area contributed by atoms with Crippen molar-refractivity contribution in [2.24, 2.45) is 0 Å². The molecule has 1 amide bonds. The summed E-state index contributed by atoms with van der Waals surface area (Å²) >= 11 is 1.68. The summed E-state index contributed by atoms with van der Waals surface area (Å²) in [5.41, 5.74) is 0.672. The number of methoxy groups -OCH3 is 1. The zero-order valence-corrected chi connectivity index (χ0v) is 16.3. The van der Waals surface area contributed by atoms with Gasteiger partial charge in [0.2, 0.25) is 0 Å². The van der Waals surface area contributed by atoms with Gasteiger partial charge in [-0.25, -0.2) is 9.78 Å². The number of carbonyl (C=O) groups is 1. The summed E-state index contributed by atoms with van der Waals surface area (Å²) in [6.45, 7) is 9.72. The van der Waals surface area contributed by atoms with E-state index in [2.05, 4.69) is 21.0 Å². The van der Waals surface area contributed by atoms with Gasteiger partial charge in [0.15, 0.2) is 0 Å². The van der Waals surface area contributed by atoms with E-state index in [1.54, 1.807) is 18.4 Å². The van der Waals surface area contributed by atoms with E-state index in [1.807, 2.05) is 27.7 Å². The van der Waals surface area contributed by atoms with E-state index in [-0.39, 0.29) is 12.1 Å². The van der Waals surface area contributed by atoms with Gasteiger partial charge in [-0.05, 0) is 40.5 Å². The van der Waals surface area contributed by atoms with Gasteiger partial charge in [0.05, 0.1) is 17.3 Å². The molecule has 0 aromatic carbocycles. The molecule has 0 bridgehead atoms. The predicted octanol–water partition coefficient (Wildman–Crippen LogP) is 2.90. The number of hydrogen-bond donors (Lipinski definition) is 2. The van der Waals surface area contributed by atoms with E-state index in [0.717, 1.165) is 36.5 Å². The normalized spacial score (nSPS) is 12.9. The highest BCUT2D eigenvalue weighted by Gasteiger charge is 2.15. The molecule has 0 aliphatic heterocycles. The van der Waals surface area contributed by atoms with E-state index >= 15 is 0 Å². The Bertz CT molecular complexity index is 486. The van der Waals surface area contributed by atoms with Crippen molar-refractivity contribution in [2.45, 2.75) is 58.6 Å². The van der Waals surface area contributed by atoms with Crippen molar-refractivity contribution in [3.05, 3.63) is 16.1 Å². The maximum atomic E-state index is 11.6. The van der Waals surface area contributed by atoms with Crippen molar-refractivity contribution >= 4 is 17.4 Å². The van der Waals surface area contributed by atoms with E-state index in [1.165, 1.54) is 0 Å². The summed E-state index contributed by atoms with van der Waals surface area (Å²) in [6.07, 6.45) is 2.36. The molecule has 0 radical (unpaired) electrons. The van der Waals surface area contributed by atoms with Gasteiger partial charge < -0.3 is 20.1 Å². The van der Waals surface area contributed by atoms with Crippen molar-refractivity contribution < 1.29 is 14.3 Å². The van der Waals surface area contributed by atoms with E-state index in [4.69, 9.17) is 9.47 Å². The summed E-state index contributed by atoms with van der Waals surface area (Å²) in [6, 6.07) is 0.273. The molecule has 7 heteroatoms. The van der Waals surface area contributed by atoms with Gasteiger partial charge in [-0.15, -0.1) is 11.3 Å². The minimum Gasteiger partial charge on any atom is -0.444 e. The Labute approximate surface area is 149 Å². The molecule has 0 spiro atoms. The average molecular weight is 358 g/mol. The first-order chi connectivity index (χ1) is 11.3. The number of aryl methyl sites for hydroxylation is 1. The van der Waals surface area contributed by atoms with Crippen LogP contribution in [0.3, 0.4) is 0 Å². The second kappa shape index (κ2) is 10.6. The first-order valence-electron chi connectivity index (χ1n) is 8.40. The molecule has 1 atom stereocenters. The fraction of sp³-hybridized carbons (Fsp3) is 0.765. The molecule has 0 aliphatic carbocycles. The summed E-state index contributed by atoms with van der Waals surface area (Å²) in [5, 5.41) is 9.49. The molecule has 1 aromatic heterocycles. The Morgan fingerprint density at radius 3 is 2.71 bits per heavy atom. The fourth-order valence-electron chi connectivity index (χ4n) is 2.23. The van der Waals surface area contributed by atoms with Gasteiger partial charge >= 0.3 is 6.09 Å². The Kier molecular flexibility index (Phi) is 9.25. The molecule has 1 aromatic rings. The highest BCUT2D eigenvalue weighted by atomic mass is 32.1. The maximum Gasteiger partial charge on any atom is 0.407 e. The van der Waals surface area contributed by atoms with Gasteiger partial charge in [0.25, 0.3) is 0 Å². The van der Waals surface area contributed by atoms with E-state index < -0.39 is 5.60 Å². The Hall–Kier alpha value is -1.18. The summed E-state index contributed by atoms with van der Waals surface area (Å²) < 4.78 is 10.5. The second-order valence-electron chi connectivity index (χ2n) is 6.79. The van der Waals surface area contributed by atoms with Crippen LogP contribution in [0.1, 0.15) is 44.3 Å². The van der Waals surface area contributed by atoms with Crippen LogP contribution in [0.15, 0.2) is 5.38 Å². The Morgan fingerprint density at radius 2 is 2.12 bits per heavy atom. The first-order valence-corrected chi connectivity index (χ1v) is 9.28.